The summed E-state index contributed by atoms with van der Waals surface area (Å²) in [5.74, 6) is 0. The van der Waals surface area contributed by atoms with Gasteiger partial charge in [0, 0.05) is 19.1 Å². The fourth-order valence-corrected chi connectivity index (χ4v) is 1.86. The first kappa shape index (κ1) is 10.0. The number of nitrogens with zero attached hydrogens (tertiary/aromatic N) is 1. The number of aliphatic hydroxyl groups is 1. The summed E-state index contributed by atoms with van der Waals surface area (Å²) < 4.78 is 0. The molecule has 1 saturated heterocycles. The molecule has 0 amide bonds. The second-order valence-electron chi connectivity index (χ2n) is 4.36. The van der Waals surface area contributed by atoms with Crippen molar-refractivity contribution in [3.05, 3.63) is 0 Å². The normalized spacial score (nSPS) is 29.5. The summed E-state index contributed by atoms with van der Waals surface area (Å²) in [6, 6.07) is 0.688. The van der Waals surface area contributed by atoms with E-state index in [-0.39, 0.29) is 0 Å². The monoisotopic (exact) mass is 171 g/mol. The molecule has 2 heteroatoms. The lowest BCUT2D eigenvalue weighted by Crippen LogP contribution is -2.52. The highest BCUT2D eigenvalue weighted by Crippen LogP contribution is 2.22. The van der Waals surface area contributed by atoms with E-state index in [9.17, 15) is 5.11 Å². The second-order valence-corrected chi connectivity index (χ2v) is 4.36. The molecule has 2 unspecified atom stereocenters. The molecule has 2 nitrogen and oxygen atoms in total. The van der Waals surface area contributed by atoms with Crippen LogP contribution in [0.3, 0.4) is 0 Å². The minimum atomic E-state index is -0.469. The van der Waals surface area contributed by atoms with Crippen LogP contribution in [-0.2, 0) is 0 Å². The fraction of sp³-hybridized carbons (Fsp3) is 1.00. The predicted molar refractivity (Wildman–Crippen MR) is 51.2 cm³/mol. The SMILES string of the molecule is CCCC(C)(O)CN1CCC1C. The molecule has 2 atom stereocenters. The van der Waals surface area contributed by atoms with E-state index in [0.29, 0.717) is 6.04 Å². The average molecular weight is 171 g/mol. The Bertz CT molecular complexity index is 145. The molecular weight excluding hydrogens is 150 g/mol. The fourth-order valence-electron chi connectivity index (χ4n) is 1.86. The number of hydrogen-bond acceptors (Lipinski definition) is 2. The highest BCUT2D eigenvalue weighted by molar-refractivity contribution is 4.85. The third-order valence-corrected chi connectivity index (χ3v) is 2.79. The van der Waals surface area contributed by atoms with E-state index in [1.807, 2.05) is 6.92 Å². The zero-order valence-electron chi connectivity index (χ0n) is 8.51. The first-order valence-corrected chi connectivity index (χ1v) is 5.01. The molecule has 1 fully saturated rings. The van der Waals surface area contributed by atoms with Gasteiger partial charge in [-0.3, -0.25) is 4.90 Å². The third kappa shape index (κ3) is 2.46. The van der Waals surface area contributed by atoms with Crippen molar-refractivity contribution in [1.29, 1.82) is 0 Å². The van der Waals surface area contributed by atoms with Gasteiger partial charge in [-0.2, -0.15) is 0 Å². The van der Waals surface area contributed by atoms with E-state index < -0.39 is 5.60 Å². The molecule has 0 aromatic carbocycles. The third-order valence-electron chi connectivity index (χ3n) is 2.79. The van der Waals surface area contributed by atoms with Crippen LogP contribution in [0.4, 0.5) is 0 Å². The Hall–Kier alpha value is -0.0800. The summed E-state index contributed by atoms with van der Waals surface area (Å²) in [6.07, 6.45) is 3.27. The second kappa shape index (κ2) is 3.75. The van der Waals surface area contributed by atoms with Crippen LogP contribution in [0.1, 0.15) is 40.0 Å². The van der Waals surface area contributed by atoms with Crippen LogP contribution in [0, 0.1) is 0 Å². The molecule has 1 N–H and O–H groups in total. The number of rotatable bonds is 4. The maximum atomic E-state index is 9.93. The molecule has 1 rings (SSSR count). The molecule has 0 aromatic rings. The molecular formula is C10H21NO. The summed E-state index contributed by atoms with van der Waals surface area (Å²) in [5, 5.41) is 9.93. The summed E-state index contributed by atoms with van der Waals surface area (Å²) in [7, 11) is 0. The molecule has 1 heterocycles. The van der Waals surface area contributed by atoms with E-state index in [1.165, 1.54) is 13.0 Å². The summed E-state index contributed by atoms with van der Waals surface area (Å²) in [5.41, 5.74) is -0.469. The molecule has 1 aliphatic heterocycles. The van der Waals surface area contributed by atoms with Gasteiger partial charge < -0.3 is 5.11 Å². The van der Waals surface area contributed by atoms with Gasteiger partial charge in [0.15, 0.2) is 0 Å². The van der Waals surface area contributed by atoms with Gasteiger partial charge in [0.25, 0.3) is 0 Å². The Morgan fingerprint density at radius 1 is 1.58 bits per heavy atom. The van der Waals surface area contributed by atoms with Crippen LogP contribution >= 0.6 is 0 Å². The van der Waals surface area contributed by atoms with Gasteiger partial charge in [0.05, 0.1) is 5.60 Å². The van der Waals surface area contributed by atoms with E-state index >= 15 is 0 Å². The highest BCUT2D eigenvalue weighted by Gasteiger charge is 2.30. The predicted octanol–water partition coefficient (Wildman–Crippen LogP) is 1.63. The summed E-state index contributed by atoms with van der Waals surface area (Å²) >= 11 is 0. The van der Waals surface area contributed by atoms with Crippen molar-refractivity contribution in [2.45, 2.75) is 51.7 Å². The number of hydrogen-bond donors (Lipinski definition) is 1. The highest BCUT2D eigenvalue weighted by atomic mass is 16.3. The molecule has 72 valence electrons. The minimum Gasteiger partial charge on any atom is -0.389 e. The molecule has 0 aliphatic carbocycles. The smallest absolute Gasteiger partial charge is 0.0746 e. The van der Waals surface area contributed by atoms with Crippen molar-refractivity contribution in [3.63, 3.8) is 0 Å². The van der Waals surface area contributed by atoms with E-state index in [0.717, 1.165) is 19.4 Å². The first-order chi connectivity index (χ1) is 5.55. The van der Waals surface area contributed by atoms with Gasteiger partial charge in [-0.25, -0.2) is 0 Å². The molecule has 0 radical (unpaired) electrons. The van der Waals surface area contributed by atoms with Crippen LogP contribution in [0.15, 0.2) is 0 Å². The molecule has 0 spiro atoms. The Morgan fingerprint density at radius 2 is 2.25 bits per heavy atom. The van der Waals surface area contributed by atoms with Crippen LogP contribution in [-0.4, -0.2) is 34.7 Å². The Kier molecular flexibility index (Phi) is 3.13. The standard InChI is InChI=1S/C10H21NO/c1-4-6-10(3,12)8-11-7-5-9(11)2/h9,12H,4-8H2,1-3H3. The molecule has 12 heavy (non-hydrogen) atoms. The van der Waals surface area contributed by atoms with Crippen molar-refractivity contribution in [2.75, 3.05) is 13.1 Å². The lowest BCUT2D eigenvalue weighted by molar-refractivity contribution is -0.0267. The Labute approximate surface area is 75.6 Å². The molecule has 0 saturated carbocycles. The van der Waals surface area contributed by atoms with Gasteiger partial charge in [-0.05, 0) is 26.7 Å². The number of likely N-dealkylation sites (tertiary alicyclic amines) is 1. The maximum Gasteiger partial charge on any atom is 0.0746 e. The van der Waals surface area contributed by atoms with Gasteiger partial charge in [0.2, 0.25) is 0 Å². The molecule has 0 aromatic heterocycles. The summed E-state index contributed by atoms with van der Waals surface area (Å²) in [6.45, 7) is 8.31. The lowest BCUT2D eigenvalue weighted by atomic mass is 9.96. The van der Waals surface area contributed by atoms with Crippen LogP contribution in [0.25, 0.3) is 0 Å². The van der Waals surface area contributed by atoms with Gasteiger partial charge >= 0.3 is 0 Å². The van der Waals surface area contributed by atoms with Crippen molar-refractivity contribution in [1.82, 2.24) is 4.90 Å². The maximum absolute atomic E-state index is 9.93. The van der Waals surface area contributed by atoms with Crippen LogP contribution in [0.2, 0.25) is 0 Å². The van der Waals surface area contributed by atoms with Crippen molar-refractivity contribution in [2.24, 2.45) is 0 Å². The van der Waals surface area contributed by atoms with Crippen molar-refractivity contribution >= 4 is 0 Å². The largest absolute Gasteiger partial charge is 0.389 e. The molecule has 0 bridgehead atoms. The van der Waals surface area contributed by atoms with Gasteiger partial charge in [-0.15, -0.1) is 0 Å². The lowest BCUT2D eigenvalue weighted by Gasteiger charge is -2.42. The topological polar surface area (TPSA) is 23.5 Å². The summed E-state index contributed by atoms with van der Waals surface area (Å²) in [4.78, 5) is 2.36. The quantitative estimate of drug-likeness (QED) is 0.695. The van der Waals surface area contributed by atoms with E-state index in [4.69, 9.17) is 0 Å². The van der Waals surface area contributed by atoms with Crippen molar-refractivity contribution in [3.8, 4) is 0 Å². The first-order valence-electron chi connectivity index (χ1n) is 5.01. The Balaban J connectivity index is 2.28. The van der Waals surface area contributed by atoms with Gasteiger partial charge in [-0.1, -0.05) is 13.3 Å². The van der Waals surface area contributed by atoms with Gasteiger partial charge in [0.1, 0.15) is 0 Å². The zero-order chi connectivity index (χ0) is 9.19. The van der Waals surface area contributed by atoms with Crippen LogP contribution in [0.5, 0.6) is 0 Å². The Morgan fingerprint density at radius 3 is 2.58 bits per heavy atom. The van der Waals surface area contributed by atoms with Crippen molar-refractivity contribution < 1.29 is 5.11 Å². The number of β-amino-alcohol motifs (C(OH)–C–C–N with tert-alkyl or cyclic N) is 1. The van der Waals surface area contributed by atoms with Crippen LogP contribution < -0.4 is 0 Å². The van der Waals surface area contributed by atoms with E-state index in [1.54, 1.807) is 0 Å². The molecule has 1 aliphatic rings. The zero-order valence-corrected chi connectivity index (χ0v) is 8.51. The van der Waals surface area contributed by atoms with E-state index in [2.05, 4.69) is 18.7 Å². The average Bonchev–Trinajstić information content (AvgIpc) is 1.98. The minimum absolute atomic E-state index is 0.469.